The second kappa shape index (κ2) is 6.72. The molecule has 2 aromatic rings. The Morgan fingerprint density at radius 2 is 1.71 bits per heavy atom. The first kappa shape index (κ1) is 15.5. The number of anilines is 1. The monoisotopic (exact) mass is 305 g/mol. The van der Waals surface area contributed by atoms with Gasteiger partial charge in [-0.1, -0.05) is 23.7 Å². The molecule has 0 saturated heterocycles. The van der Waals surface area contributed by atoms with Gasteiger partial charge in [-0.3, -0.25) is 0 Å². The summed E-state index contributed by atoms with van der Waals surface area (Å²) < 4.78 is 10.6. The molecule has 0 aromatic heterocycles. The number of methoxy groups -OCH3 is 2. The van der Waals surface area contributed by atoms with Crippen molar-refractivity contribution in [3.63, 3.8) is 0 Å². The lowest BCUT2D eigenvalue weighted by atomic mass is 10.1. The maximum atomic E-state index is 6.15. The molecular weight excluding hydrogens is 286 g/mol. The second-order valence-electron chi connectivity index (χ2n) is 4.94. The van der Waals surface area contributed by atoms with Gasteiger partial charge in [-0.15, -0.1) is 0 Å². The molecule has 0 aliphatic carbocycles. The van der Waals surface area contributed by atoms with Crippen LogP contribution in [0.5, 0.6) is 11.5 Å². The van der Waals surface area contributed by atoms with E-state index < -0.39 is 0 Å². The average Bonchev–Trinajstić information content (AvgIpc) is 2.50. The predicted molar refractivity (Wildman–Crippen MR) is 87.8 cm³/mol. The molecule has 2 rings (SSSR count). The minimum atomic E-state index is 0.128. The van der Waals surface area contributed by atoms with Gasteiger partial charge in [0.05, 0.1) is 14.2 Å². The van der Waals surface area contributed by atoms with E-state index in [4.69, 9.17) is 21.1 Å². The molecule has 1 unspecified atom stereocenters. The molecule has 1 N–H and O–H groups in total. The summed E-state index contributed by atoms with van der Waals surface area (Å²) in [6.07, 6.45) is 0. The molecule has 0 radical (unpaired) electrons. The Bertz CT molecular complexity index is 628. The van der Waals surface area contributed by atoms with Crippen molar-refractivity contribution in [1.29, 1.82) is 0 Å². The summed E-state index contributed by atoms with van der Waals surface area (Å²) in [5.41, 5.74) is 3.18. The van der Waals surface area contributed by atoms with E-state index in [1.807, 2.05) is 43.3 Å². The lowest BCUT2D eigenvalue weighted by Crippen LogP contribution is -2.07. The van der Waals surface area contributed by atoms with Crippen LogP contribution in [0.25, 0.3) is 0 Å². The zero-order valence-corrected chi connectivity index (χ0v) is 13.5. The summed E-state index contributed by atoms with van der Waals surface area (Å²) >= 11 is 6.15. The van der Waals surface area contributed by atoms with E-state index in [1.54, 1.807) is 14.2 Å². The molecule has 2 aromatic carbocycles. The van der Waals surface area contributed by atoms with E-state index in [1.165, 1.54) is 0 Å². The fourth-order valence-corrected chi connectivity index (χ4v) is 2.32. The van der Waals surface area contributed by atoms with Crippen LogP contribution >= 0.6 is 11.6 Å². The van der Waals surface area contributed by atoms with Gasteiger partial charge in [-0.05, 0) is 49.2 Å². The zero-order valence-electron chi connectivity index (χ0n) is 12.7. The maximum absolute atomic E-state index is 6.15. The molecule has 3 nitrogen and oxygen atoms in total. The molecule has 0 aliphatic rings. The number of halogens is 1. The van der Waals surface area contributed by atoms with E-state index >= 15 is 0 Å². The largest absolute Gasteiger partial charge is 0.493 e. The highest BCUT2D eigenvalue weighted by Gasteiger charge is 2.10. The SMILES string of the molecule is COc1ccc(C(C)Nc2ccc(C)c(Cl)c2)cc1OC. The Kier molecular flexibility index (Phi) is 4.97. The van der Waals surface area contributed by atoms with E-state index in [2.05, 4.69) is 12.2 Å². The first-order valence-electron chi connectivity index (χ1n) is 6.79. The highest BCUT2D eigenvalue weighted by molar-refractivity contribution is 6.31. The van der Waals surface area contributed by atoms with Crippen LogP contribution in [0, 0.1) is 6.92 Å². The topological polar surface area (TPSA) is 30.5 Å². The highest BCUT2D eigenvalue weighted by Crippen LogP contribution is 2.31. The van der Waals surface area contributed by atoms with Gasteiger partial charge < -0.3 is 14.8 Å². The van der Waals surface area contributed by atoms with Crippen LogP contribution in [0.15, 0.2) is 36.4 Å². The lowest BCUT2D eigenvalue weighted by molar-refractivity contribution is 0.354. The number of nitrogens with one attached hydrogen (secondary N) is 1. The van der Waals surface area contributed by atoms with Crippen molar-refractivity contribution in [2.24, 2.45) is 0 Å². The lowest BCUT2D eigenvalue weighted by Gasteiger charge is -2.18. The van der Waals surface area contributed by atoms with Crippen LogP contribution in [0.3, 0.4) is 0 Å². The summed E-state index contributed by atoms with van der Waals surface area (Å²) in [6, 6.07) is 12.0. The summed E-state index contributed by atoms with van der Waals surface area (Å²) in [5.74, 6) is 1.46. The molecule has 0 saturated carbocycles. The first-order valence-corrected chi connectivity index (χ1v) is 7.17. The number of aryl methyl sites for hydroxylation is 1. The van der Waals surface area contributed by atoms with Crippen molar-refractivity contribution in [2.45, 2.75) is 19.9 Å². The summed E-state index contributed by atoms with van der Waals surface area (Å²) in [7, 11) is 3.27. The average molecular weight is 306 g/mol. The van der Waals surface area contributed by atoms with E-state index in [-0.39, 0.29) is 6.04 Å². The Hall–Kier alpha value is -1.87. The Morgan fingerprint density at radius 1 is 1.00 bits per heavy atom. The number of benzene rings is 2. The zero-order chi connectivity index (χ0) is 15.4. The van der Waals surface area contributed by atoms with Gasteiger partial charge in [0.2, 0.25) is 0 Å². The minimum Gasteiger partial charge on any atom is -0.493 e. The third kappa shape index (κ3) is 3.61. The van der Waals surface area contributed by atoms with Gasteiger partial charge in [-0.2, -0.15) is 0 Å². The predicted octanol–water partition coefficient (Wildman–Crippen LogP) is 4.84. The number of rotatable bonds is 5. The molecule has 0 heterocycles. The van der Waals surface area contributed by atoms with Crippen LogP contribution in [0.4, 0.5) is 5.69 Å². The fourth-order valence-electron chi connectivity index (χ4n) is 2.14. The van der Waals surface area contributed by atoms with E-state index in [9.17, 15) is 0 Å². The minimum absolute atomic E-state index is 0.128. The number of hydrogen-bond acceptors (Lipinski definition) is 3. The molecule has 1 atom stereocenters. The number of ether oxygens (including phenoxy) is 2. The van der Waals surface area contributed by atoms with Gasteiger partial charge in [0.15, 0.2) is 11.5 Å². The highest BCUT2D eigenvalue weighted by atomic mass is 35.5. The van der Waals surface area contributed by atoms with Gasteiger partial charge in [0.25, 0.3) is 0 Å². The Labute approximate surface area is 130 Å². The smallest absolute Gasteiger partial charge is 0.161 e. The third-order valence-corrected chi connectivity index (χ3v) is 3.87. The standard InChI is InChI=1S/C17H20ClNO2/c1-11-5-7-14(10-15(11)18)19-12(2)13-6-8-16(20-3)17(9-13)21-4/h5-10,12,19H,1-4H3. The molecule has 0 amide bonds. The Morgan fingerprint density at radius 3 is 2.33 bits per heavy atom. The van der Waals surface area contributed by atoms with Crippen molar-refractivity contribution >= 4 is 17.3 Å². The fraction of sp³-hybridized carbons (Fsp3) is 0.294. The molecule has 21 heavy (non-hydrogen) atoms. The van der Waals surface area contributed by atoms with Crippen molar-refractivity contribution in [1.82, 2.24) is 0 Å². The van der Waals surface area contributed by atoms with Gasteiger partial charge in [0, 0.05) is 16.8 Å². The van der Waals surface area contributed by atoms with Gasteiger partial charge >= 0.3 is 0 Å². The summed E-state index contributed by atoms with van der Waals surface area (Å²) in [6.45, 7) is 4.08. The molecular formula is C17H20ClNO2. The van der Waals surface area contributed by atoms with Gasteiger partial charge in [0.1, 0.15) is 0 Å². The summed E-state index contributed by atoms with van der Waals surface area (Å²) in [4.78, 5) is 0. The van der Waals surface area contributed by atoms with E-state index in [0.717, 1.165) is 33.3 Å². The number of hydrogen-bond donors (Lipinski definition) is 1. The van der Waals surface area contributed by atoms with Crippen LogP contribution in [0.2, 0.25) is 5.02 Å². The quantitative estimate of drug-likeness (QED) is 0.857. The van der Waals surface area contributed by atoms with E-state index in [0.29, 0.717) is 0 Å². The molecule has 0 aliphatic heterocycles. The molecule has 4 heteroatoms. The third-order valence-electron chi connectivity index (χ3n) is 3.46. The molecule has 0 bridgehead atoms. The van der Waals surface area contributed by atoms with Crippen LogP contribution in [-0.4, -0.2) is 14.2 Å². The van der Waals surface area contributed by atoms with Crippen molar-refractivity contribution < 1.29 is 9.47 Å². The molecule has 0 fully saturated rings. The van der Waals surface area contributed by atoms with Gasteiger partial charge in [-0.25, -0.2) is 0 Å². The summed E-state index contributed by atoms with van der Waals surface area (Å²) in [5, 5.41) is 4.20. The maximum Gasteiger partial charge on any atom is 0.161 e. The van der Waals surface area contributed by atoms with Crippen LogP contribution < -0.4 is 14.8 Å². The second-order valence-corrected chi connectivity index (χ2v) is 5.35. The van der Waals surface area contributed by atoms with Crippen LogP contribution in [0.1, 0.15) is 24.1 Å². The van der Waals surface area contributed by atoms with Crippen LogP contribution in [-0.2, 0) is 0 Å². The van der Waals surface area contributed by atoms with Crippen molar-refractivity contribution in [2.75, 3.05) is 19.5 Å². The Balaban J connectivity index is 2.19. The van der Waals surface area contributed by atoms with Crippen molar-refractivity contribution in [3.8, 4) is 11.5 Å². The normalized spacial score (nSPS) is 11.9. The van der Waals surface area contributed by atoms with Crippen molar-refractivity contribution in [3.05, 3.63) is 52.5 Å². The first-order chi connectivity index (χ1) is 10.0. The molecule has 112 valence electrons. The molecule has 0 spiro atoms.